The molecule has 118 valence electrons. The summed E-state index contributed by atoms with van der Waals surface area (Å²) < 4.78 is 10.9. The Kier molecular flexibility index (Phi) is 8.09. The standard InChI is InChI=1S/C16H26N2O3/c1-3-4-5-6-7-8-9-21-15-11-13(16(17)18-19)10-14(12-15)20-2/h10-12,19H,3-9H2,1-2H3,(H2,17,18). The summed E-state index contributed by atoms with van der Waals surface area (Å²) in [5.41, 5.74) is 6.18. The van der Waals surface area contributed by atoms with Gasteiger partial charge in [-0.2, -0.15) is 0 Å². The molecule has 0 unspecified atom stereocenters. The first-order chi connectivity index (χ1) is 10.2. The van der Waals surface area contributed by atoms with Crippen LogP contribution in [0.15, 0.2) is 23.4 Å². The van der Waals surface area contributed by atoms with Gasteiger partial charge >= 0.3 is 0 Å². The normalized spacial score (nSPS) is 11.4. The van der Waals surface area contributed by atoms with Crippen LogP contribution in [0.25, 0.3) is 0 Å². The van der Waals surface area contributed by atoms with Gasteiger partial charge in [0.15, 0.2) is 5.84 Å². The molecule has 0 heterocycles. The topological polar surface area (TPSA) is 77.1 Å². The van der Waals surface area contributed by atoms with Crippen molar-refractivity contribution >= 4 is 5.84 Å². The smallest absolute Gasteiger partial charge is 0.170 e. The molecule has 5 nitrogen and oxygen atoms in total. The number of amidine groups is 1. The molecule has 1 aromatic rings. The third-order valence-electron chi connectivity index (χ3n) is 3.29. The molecule has 0 aliphatic rings. The van der Waals surface area contributed by atoms with E-state index in [9.17, 15) is 0 Å². The van der Waals surface area contributed by atoms with Crippen molar-refractivity contribution in [2.45, 2.75) is 45.4 Å². The zero-order valence-electron chi connectivity index (χ0n) is 13.0. The van der Waals surface area contributed by atoms with Crippen LogP contribution in [0.4, 0.5) is 0 Å². The van der Waals surface area contributed by atoms with Crippen LogP contribution in [-0.4, -0.2) is 24.8 Å². The quantitative estimate of drug-likeness (QED) is 0.227. The maximum Gasteiger partial charge on any atom is 0.170 e. The average Bonchev–Trinajstić information content (AvgIpc) is 2.52. The van der Waals surface area contributed by atoms with Crippen molar-refractivity contribution in [2.24, 2.45) is 10.9 Å². The summed E-state index contributed by atoms with van der Waals surface area (Å²) in [6, 6.07) is 5.24. The predicted molar refractivity (Wildman–Crippen MR) is 84.4 cm³/mol. The highest BCUT2D eigenvalue weighted by atomic mass is 16.5. The van der Waals surface area contributed by atoms with Crippen LogP contribution in [0, 0.1) is 0 Å². The van der Waals surface area contributed by atoms with Gasteiger partial charge in [0, 0.05) is 11.6 Å². The number of benzene rings is 1. The Morgan fingerprint density at radius 2 is 1.76 bits per heavy atom. The molecule has 0 aliphatic heterocycles. The molecule has 21 heavy (non-hydrogen) atoms. The van der Waals surface area contributed by atoms with Gasteiger partial charge in [0.1, 0.15) is 11.5 Å². The van der Waals surface area contributed by atoms with Crippen molar-refractivity contribution in [3.8, 4) is 11.5 Å². The SMILES string of the molecule is CCCCCCCCOc1cc(OC)cc(/C(N)=N/O)c1. The number of unbranched alkanes of at least 4 members (excludes halogenated alkanes) is 5. The molecule has 0 aromatic heterocycles. The van der Waals surface area contributed by atoms with Gasteiger partial charge < -0.3 is 20.4 Å². The molecule has 0 atom stereocenters. The lowest BCUT2D eigenvalue weighted by molar-refractivity contribution is 0.302. The monoisotopic (exact) mass is 294 g/mol. The molecule has 0 fully saturated rings. The van der Waals surface area contributed by atoms with Gasteiger partial charge in [-0.15, -0.1) is 0 Å². The summed E-state index contributed by atoms with van der Waals surface area (Å²) in [6.07, 6.45) is 7.32. The van der Waals surface area contributed by atoms with E-state index in [1.54, 1.807) is 25.3 Å². The second kappa shape index (κ2) is 9.91. The highest BCUT2D eigenvalue weighted by molar-refractivity contribution is 5.97. The second-order valence-corrected chi connectivity index (χ2v) is 5.00. The van der Waals surface area contributed by atoms with Crippen molar-refractivity contribution < 1.29 is 14.7 Å². The summed E-state index contributed by atoms with van der Waals surface area (Å²) in [7, 11) is 1.57. The van der Waals surface area contributed by atoms with Crippen LogP contribution in [0.1, 0.15) is 51.0 Å². The summed E-state index contributed by atoms with van der Waals surface area (Å²) in [5.74, 6) is 1.33. The van der Waals surface area contributed by atoms with Gasteiger partial charge in [-0.05, 0) is 18.6 Å². The third-order valence-corrected chi connectivity index (χ3v) is 3.29. The van der Waals surface area contributed by atoms with Crippen LogP contribution in [0.2, 0.25) is 0 Å². The number of nitrogens with zero attached hydrogens (tertiary/aromatic N) is 1. The molecule has 1 aromatic carbocycles. The fraction of sp³-hybridized carbons (Fsp3) is 0.562. The van der Waals surface area contributed by atoms with E-state index in [1.807, 2.05) is 0 Å². The molecule has 0 radical (unpaired) electrons. The second-order valence-electron chi connectivity index (χ2n) is 5.00. The Hall–Kier alpha value is -1.91. The Balaban J connectivity index is 2.47. The average molecular weight is 294 g/mol. The summed E-state index contributed by atoms with van der Waals surface area (Å²) in [5, 5.41) is 11.7. The molecule has 5 heteroatoms. The Bertz CT molecular complexity index is 447. The van der Waals surface area contributed by atoms with Crippen molar-refractivity contribution in [3.05, 3.63) is 23.8 Å². The lowest BCUT2D eigenvalue weighted by Crippen LogP contribution is -2.13. The molecule has 0 amide bonds. The van der Waals surface area contributed by atoms with E-state index in [1.165, 1.54) is 32.1 Å². The van der Waals surface area contributed by atoms with Crippen molar-refractivity contribution in [3.63, 3.8) is 0 Å². The van der Waals surface area contributed by atoms with Crippen LogP contribution in [0.3, 0.4) is 0 Å². The minimum absolute atomic E-state index is 0.0401. The van der Waals surface area contributed by atoms with E-state index >= 15 is 0 Å². The minimum Gasteiger partial charge on any atom is -0.497 e. The van der Waals surface area contributed by atoms with Gasteiger partial charge in [-0.3, -0.25) is 0 Å². The summed E-state index contributed by atoms with van der Waals surface area (Å²) in [4.78, 5) is 0. The van der Waals surface area contributed by atoms with Gasteiger partial charge in [0.2, 0.25) is 0 Å². The Morgan fingerprint density at radius 3 is 2.43 bits per heavy atom. The molecular weight excluding hydrogens is 268 g/mol. The molecule has 0 spiro atoms. The highest BCUT2D eigenvalue weighted by Crippen LogP contribution is 2.23. The largest absolute Gasteiger partial charge is 0.497 e. The molecular formula is C16H26N2O3. The third kappa shape index (κ3) is 6.38. The van der Waals surface area contributed by atoms with E-state index in [0.29, 0.717) is 23.7 Å². The van der Waals surface area contributed by atoms with E-state index in [4.69, 9.17) is 20.4 Å². The van der Waals surface area contributed by atoms with Gasteiger partial charge in [0.25, 0.3) is 0 Å². The van der Waals surface area contributed by atoms with Crippen LogP contribution < -0.4 is 15.2 Å². The number of hydrogen-bond acceptors (Lipinski definition) is 4. The fourth-order valence-corrected chi connectivity index (χ4v) is 2.05. The van der Waals surface area contributed by atoms with Crippen LogP contribution in [0.5, 0.6) is 11.5 Å². The van der Waals surface area contributed by atoms with Gasteiger partial charge in [-0.1, -0.05) is 44.2 Å². The molecule has 0 saturated heterocycles. The van der Waals surface area contributed by atoms with Gasteiger partial charge in [0.05, 0.1) is 13.7 Å². The Morgan fingerprint density at radius 1 is 1.10 bits per heavy atom. The number of nitrogens with two attached hydrogens (primary N) is 1. The predicted octanol–water partition coefficient (Wildman–Crippen LogP) is 3.53. The number of methoxy groups -OCH3 is 1. The van der Waals surface area contributed by atoms with Crippen LogP contribution in [-0.2, 0) is 0 Å². The first-order valence-electron chi connectivity index (χ1n) is 7.51. The number of ether oxygens (including phenoxy) is 2. The van der Waals surface area contributed by atoms with E-state index in [0.717, 1.165) is 6.42 Å². The van der Waals surface area contributed by atoms with Crippen molar-refractivity contribution in [2.75, 3.05) is 13.7 Å². The van der Waals surface area contributed by atoms with Crippen molar-refractivity contribution in [1.29, 1.82) is 0 Å². The minimum atomic E-state index is 0.0401. The molecule has 0 saturated carbocycles. The summed E-state index contributed by atoms with van der Waals surface area (Å²) >= 11 is 0. The number of hydrogen-bond donors (Lipinski definition) is 2. The van der Waals surface area contributed by atoms with E-state index in [2.05, 4.69) is 12.1 Å². The molecule has 0 bridgehead atoms. The van der Waals surface area contributed by atoms with Gasteiger partial charge in [-0.25, -0.2) is 0 Å². The number of oxime groups is 1. The maximum absolute atomic E-state index is 8.74. The maximum atomic E-state index is 8.74. The van der Waals surface area contributed by atoms with E-state index in [-0.39, 0.29) is 5.84 Å². The lowest BCUT2D eigenvalue weighted by atomic mass is 10.1. The highest BCUT2D eigenvalue weighted by Gasteiger charge is 2.06. The first kappa shape index (κ1) is 17.1. The number of rotatable bonds is 10. The summed E-state index contributed by atoms with van der Waals surface area (Å²) in [6.45, 7) is 2.87. The zero-order valence-corrected chi connectivity index (χ0v) is 13.0. The van der Waals surface area contributed by atoms with Crippen molar-refractivity contribution in [1.82, 2.24) is 0 Å². The first-order valence-corrected chi connectivity index (χ1v) is 7.51. The Labute approximate surface area is 126 Å². The molecule has 3 N–H and O–H groups in total. The molecule has 1 rings (SSSR count). The van der Waals surface area contributed by atoms with Crippen LogP contribution >= 0.6 is 0 Å². The van der Waals surface area contributed by atoms with E-state index < -0.39 is 0 Å². The lowest BCUT2D eigenvalue weighted by Gasteiger charge is -2.10. The fourth-order valence-electron chi connectivity index (χ4n) is 2.05. The zero-order chi connectivity index (χ0) is 15.5. The molecule has 0 aliphatic carbocycles.